The van der Waals surface area contributed by atoms with Crippen molar-refractivity contribution in [1.29, 1.82) is 0 Å². The summed E-state index contributed by atoms with van der Waals surface area (Å²) in [5.41, 5.74) is 6.28. The van der Waals surface area contributed by atoms with Gasteiger partial charge in [0.05, 0.1) is 11.7 Å². The Kier molecular flexibility index (Phi) is 4.82. The van der Waals surface area contributed by atoms with Crippen LogP contribution in [0.3, 0.4) is 0 Å². The average molecular weight is 481 g/mol. The number of amides is 1. The molecule has 136 valence electrons. The highest BCUT2D eigenvalue weighted by Gasteiger charge is 2.33. The van der Waals surface area contributed by atoms with Gasteiger partial charge in [0.25, 0.3) is 0 Å². The van der Waals surface area contributed by atoms with E-state index in [4.69, 9.17) is 6.35 Å². The molecule has 4 rings (SSSR count). The van der Waals surface area contributed by atoms with E-state index in [0.717, 1.165) is 40.6 Å². The fourth-order valence-electron chi connectivity index (χ4n) is 4.11. The number of halogens is 2. The van der Waals surface area contributed by atoms with Crippen LogP contribution >= 0.6 is 31.9 Å². The molecule has 0 spiro atoms. The molecule has 1 fully saturated rings. The lowest BCUT2D eigenvalue weighted by Gasteiger charge is -2.39. The van der Waals surface area contributed by atoms with Crippen LogP contribution in [0.4, 0.5) is 0 Å². The molecule has 2 heterocycles. The Bertz CT molecular complexity index is 897. The smallest absolute Gasteiger partial charge is 0.209 e. The second kappa shape index (κ2) is 7.41. The molecule has 0 unspecified atom stereocenters. The van der Waals surface area contributed by atoms with E-state index >= 15 is 0 Å². The summed E-state index contributed by atoms with van der Waals surface area (Å²) in [7, 11) is 0. The minimum atomic E-state index is -0.588. The third kappa shape index (κ3) is 3.35. The molecule has 1 aromatic heterocycles. The van der Waals surface area contributed by atoms with Crippen LogP contribution in [-0.4, -0.2) is 47.3 Å². The van der Waals surface area contributed by atoms with Gasteiger partial charge >= 0.3 is 0 Å². The fraction of sp³-hybridized carbons (Fsp3) is 0.400. The Morgan fingerprint density at radius 1 is 1.15 bits per heavy atom. The predicted molar refractivity (Wildman–Crippen MR) is 109 cm³/mol. The highest BCUT2D eigenvalue weighted by molar-refractivity contribution is 9.10. The molecule has 0 saturated carbocycles. The predicted octanol–water partition coefficient (Wildman–Crippen LogP) is 3.88. The fourth-order valence-corrected chi connectivity index (χ4v) is 5.32. The van der Waals surface area contributed by atoms with Crippen molar-refractivity contribution in [2.45, 2.75) is 25.8 Å². The molecule has 1 atom stereocenters. The Morgan fingerprint density at radius 3 is 2.62 bits per heavy atom. The number of aryl methyl sites for hydroxylation is 3. The van der Waals surface area contributed by atoms with Crippen molar-refractivity contribution >= 4 is 38.2 Å². The molecule has 1 aromatic carbocycles. The molecule has 2 aromatic rings. The number of hydrogen-bond acceptors (Lipinski definition) is 3. The molecule has 0 bridgehead atoms. The van der Waals surface area contributed by atoms with Crippen LogP contribution in [0.1, 0.15) is 35.4 Å². The summed E-state index contributed by atoms with van der Waals surface area (Å²) in [6.07, 6.45) is 3.24. The number of benzene rings is 1. The van der Waals surface area contributed by atoms with E-state index < -0.39 is 6.39 Å². The zero-order valence-electron chi connectivity index (χ0n) is 15.6. The van der Waals surface area contributed by atoms with Gasteiger partial charge in [0.1, 0.15) is 1.37 Å². The van der Waals surface area contributed by atoms with E-state index in [1.165, 1.54) is 22.3 Å². The number of nitrogens with zero attached hydrogens (tertiary/aromatic N) is 3. The first kappa shape index (κ1) is 16.9. The van der Waals surface area contributed by atoms with Gasteiger partial charge in [-0.2, -0.15) is 0 Å². The van der Waals surface area contributed by atoms with Gasteiger partial charge in [-0.15, -0.1) is 0 Å². The molecular weight excluding hydrogens is 458 g/mol. The number of piperazine rings is 1. The van der Waals surface area contributed by atoms with Crippen LogP contribution in [-0.2, 0) is 17.6 Å². The molecule has 6 heteroatoms. The van der Waals surface area contributed by atoms with Crippen molar-refractivity contribution in [3.63, 3.8) is 0 Å². The zero-order valence-corrected chi connectivity index (χ0v) is 17.8. The summed E-state index contributed by atoms with van der Waals surface area (Å²) in [4.78, 5) is 20.2. The summed E-state index contributed by atoms with van der Waals surface area (Å²) < 4.78 is 9.51. The van der Waals surface area contributed by atoms with Gasteiger partial charge in [0.2, 0.25) is 6.39 Å². The lowest BCUT2D eigenvalue weighted by Crippen LogP contribution is -2.47. The molecular formula is C20H21Br2N3O. The van der Waals surface area contributed by atoms with Crippen molar-refractivity contribution in [2.75, 3.05) is 26.2 Å². The maximum Gasteiger partial charge on any atom is 0.209 e. The third-order valence-electron chi connectivity index (χ3n) is 5.33. The third-order valence-corrected chi connectivity index (χ3v) is 6.42. The number of hydrogen-bond donors (Lipinski definition) is 0. The highest BCUT2D eigenvalue weighted by atomic mass is 79.9. The maximum absolute atomic E-state index is 11.4. The number of fused-ring (bicyclic) bond motifs is 2. The largest absolute Gasteiger partial charge is 0.343 e. The van der Waals surface area contributed by atoms with Crippen LogP contribution in [0.25, 0.3) is 0 Å². The summed E-state index contributed by atoms with van der Waals surface area (Å²) >= 11 is 7.38. The van der Waals surface area contributed by atoms with E-state index in [0.29, 0.717) is 13.1 Å². The van der Waals surface area contributed by atoms with Crippen molar-refractivity contribution in [2.24, 2.45) is 0 Å². The zero-order chi connectivity index (χ0) is 19.1. The van der Waals surface area contributed by atoms with Gasteiger partial charge in [-0.05, 0) is 70.1 Å². The van der Waals surface area contributed by atoms with Crippen molar-refractivity contribution in [3.8, 4) is 0 Å². The second-order valence-electron chi connectivity index (χ2n) is 7.03. The summed E-state index contributed by atoms with van der Waals surface area (Å²) in [5, 5.41) is 0. The number of carbonyl (C=O) groups is 1. The van der Waals surface area contributed by atoms with Crippen molar-refractivity contribution in [1.82, 2.24) is 14.8 Å². The van der Waals surface area contributed by atoms with Crippen molar-refractivity contribution < 1.29 is 6.17 Å². The average Bonchev–Trinajstić information content (AvgIpc) is 2.78. The van der Waals surface area contributed by atoms with Gasteiger partial charge in [0.15, 0.2) is 0 Å². The first-order chi connectivity index (χ1) is 12.9. The Labute approximate surface area is 172 Å². The topological polar surface area (TPSA) is 36.4 Å². The van der Waals surface area contributed by atoms with Crippen molar-refractivity contribution in [3.05, 3.63) is 61.3 Å². The van der Waals surface area contributed by atoms with Crippen LogP contribution in [0.15, 0.2) is 33.3 Å². The van der Waals surface area contributed by atoms with Gasteiger partial charge in [0, 0.05) is 41.3 Å². The minimum Gasteiger partial charge on any atom is -0.343 e. The number of aromatic nitrogens is 1. The van der Waals surface area contributed by atoms with E-state index in [1.807, 2.05) is 6.20 Å². The summed E-state index contributed by atoms with van der Waals surface area (Å²) in [5.74, 6) is 0. The molecule has 1 amide bonds. The van der Waals surface area contributed by atoms with Gasteiger partial charge in [-0.25, -0.2) is 0 Å². The molecule has 26 heavy (non-hydrogen) atoms. The van der Waals surface area contributed by atoms with Crippen LogP contribution in [0.2, 0.25) is 0 Å². The van der Waals surface area contributed by atoms with E-state index in [-0.39, 0.29) is 6.04 Å². The van der Waals surface area contributed by atoms with Gasteiger partial charge < -0.3 is 4.90 Å². The molecule has 1 aliphatic carbocycles. The number of pyridine rings is 1. The number of rotatable bonds is 1. The van der Waals surface area contributed by atoms with Crippen LogP contribution in [0, 0.1) is 6.92 Å². The minimum absolute atomic E-state index is 0.0589. The van der Waals surface area contributed by atoms with Crippen LogP contribution in [0.5, 0.6) is 0 Å². The number of carbonyl (C=O) groups excluding carboxylic acids is 1. The molecule has 0 N–H and O–H groups in total. The molecule has 1 aliphatic heterocycles. The standard InChI is InChI=1S/C20H21Br2N3O/c1-13-8-14-2-3-15-10-16(21)11-23-19(15)20(18(14)17(22)9-13)25-6-4-24(12-26)5-7-25/h8-12,20H,2-7H2,1H3/t20-/m0/s1/i12T. The quantitative estimate of drug-likeness (QED) is 0.581. The van der Waals surface area contributed by atoms with E-state index in [2.05, 4.69) is 61.9 Å². The normalized spacial score (nSPS) is 20.8. The molecule has 4 nitrogen and oxygen atoms in total. The van der Waals surface area contributed by atoms with E-state index in [1.54, 1.807) is 4.90 Å². The summed E-state index contributed by atoms with van der Waals surface area (Å²) in [6, 6.07) is 6.71. The maximum atomic E-state index is 11.4. The van der Waals surface area contributed by atoms with Gasteiger partial charge in [-0.1, -0.05) is 22.0 Å². The van der Waals surface area contributed by atoms with E-state index in [9.17, 15) is 4.79 Å². The lowest BCUT2D eigenvalue weighted by molar-refractivity contribution is -0.119. The SMILES string of the molecule is [3H]C(=O)N1CCN([C@@H]2c3ncc(Br)cc3CCc3cc(C)cc(Br)c32)CC1. The molecule has 2 aliphatic rings. The Morgan fingerprint density at radius 2 is 1.88 bits per heavy atom. The first-order valence-corrected chi connectivity index (χ1v) is 10.5. The Hall–Kier alpha value is -1.24. The van der Waals surface area contributed by atoms with Crippen LogP contribution < -0.4 is 0 Å². The molecule has 1 saturated heterocycles. The monoisotopic (exact) mass is 479 g/mol. The lowest BCUT2D eigenvalue weighted by atomic mass is 9.94. The second-order valence-corrected chi connectivity index (χ2v) is 8.80. The molecule has 0 radical (unpaired) electrons. The first-order valence-electron chi connectivity index (χ1n) is 9.37. The van der Waals surface area contributed by atoms with Gasteiger partial charge in [-0.3, -0.25) is 14.7 Å². The Balaban J connectivity index is 1.80. The summed E-state index contributed by atoms with van der Waals surface area (Å²) in [6.45, 7) is 4.79. The highest BCUT2D eigenvalue weighted by Crippen LogP contribution is 2.41.